The van der Waals surface area contributed by atoms with Crippen LogP contribution in [0.25, 0.3) is 0 Å². The van der Waals surface area contributed by atoms with E-state index in [2.05, 4.69) is 10.2 Å². The molecule has 0 bridgehead atoms. The van der Waals surface area contributed by atoms with Crippen LogP contribution in [0, 0.1) is 5.82 Å². The normalized spacial score (nSPS) is 18.0. The molecule has 1 aromatic carbocycles. The first-order chi connectivity index (χ1) is 11.4. The van der Waals surface area contributed by atoms with Crippen LogP contribution in [0.5, 0.6) is 0 Å². The van der Waals surface area contributed by atoms with E-state index in [0.717, 1.165) is 0 Å². The minimum Gasteiger partial charge on any atom is -0.313 e. The van der Waals surface area contributed by atoms with E-state index in [9.17, 15) is 17.6 Å². The van der Waals surface area contributed by atoms with Gasteiger partial charge in [0, 0.05) is 18.7 Å². The van der Waals surface area contributed by atoms with Gasteiger partial charge in [-0.25, -0.2) is 4.39 Å². The molecule has 0 aliphatic carbocycles. The van der Waals surface area contributed by atoms with E-state index in [-0.39, 0.29) is 18.1 Å². The van der Waals surface area contributed by atoms with Crippen LogP contribution in [0.4, 0.5) is 17.6 Å². The van der Waals surface area contributed by atoms with Crippen LogP contribution >= 0.6 is 0 Å². The van der Waals surface area contributed by atoms with Crippen molar-refractivity contribution in [1.82, 2.24) is 19.7 Å². The molecule has 2 aromatic rings. The first-order valence-corrected chi connectivity index (χ1v) is 7.77. The summed E-state index contributed by atoms with van der Waals surface area (Å²) in [6, 6.07) is 6.44. The van der Waals surface area contributed by atoms with Crippen LogP contribution in [0.15, 0.2) is 24.3 Å². The maximum atomic E-state index is 13.7. The summed E-state index contributed by atoms with van der Waals surface area (Å²) in [6.07, 6.45) is -3.81. The quantitative estimate of drug-likeness (QED) is 0.798. The van der Waals surface area contributed by atoms with Gasteiger partial charge < -0.3 is 4.57 Å². The van der Waals surface area contributed by atoms with Gasteiger partial charge in [-0.15, -0.1) is 10.2 Å². The maximum Gasteiger partial charge on any atom is 0.398 e. The van der Waals surface area contributed by atoms with Crippen molar-refractivity contribution >= 4 is 0 Å². The summed E-state index contributed by atoms with van der Waals surface area (Å²) >= 11 is 0. The van der Waals surface area contributed by atoms with E-state index in [0.29, 0.717) is 37.4 Å². The molecule has 1 atom stereocenters. The van der Waals surface area contributed by atoms with Crippen molar-refractivity contribution in [1.29, 1.82) is 0 Å². The Morgan fingerprint density at radius 1 is 1.21 bits per heavy atom. The molecule has 1 unspecified atom stereocenters. The Labute approximate surface area is 137 Å². The Balaban J connectivity index is 1.75. The van der Waals surface area contributed by atoms with Crippen LogP contribution in [0.1, 0.15) is 36.0 Å². The molecule has 3 rings (SSSR count). The maximum absolute atomic E-state index is 13.7. The molecule has 2 heterocycles. The molecule has 0 saturated heterocycles. The third-order valence-corrected chi connectivity index (χ3v) is 4.25. The van der Waals surface area contributed by atoms with Gasteiger partial charge in [-0.05, 0) is 26.0 Å². The van der Waals surface area contributed by atoms with Crippen molar-refractivity contribution in [3.8, 4) is 0 Å². The molecule has 1 aliphatic rings. The third-order valence-electron chi connectivity index (χ3n) is 4.25. The van der Waals surface area contributed by atoms with E-state index in [4.69, 9.17) is 0 Å². The third kappa shape index (κ3) is 3.43. The average Bonchev–Trinajstić information content (AvgIpc) is 2.91. The SMILES string of the molecule is CN(Cc1ccccc1F)Cc1nnc2n1CCCC2C(F)(F)F. The predicted octanol–water partition coefficient (Wildman–Crippen LogP) is 3.49. The molecule has 1 aromatic heterocycles. The van der Waals surface area contributed by atoms with Crippen molar-refractivity contribution in [3.05, 3.63) is 47.3 Å². The molecule has 0 amide bonds. The topological polar surface area (TPSA) is 34.0 Å². The number of hydrogen-bond donors (Lipinski definition) is 0. The van der Waals surface area contributed by atoms with E-state index in [1.165, 1.54) is 6.07 Å². The highest BCUT2D eigenvalue weighted by Crippen LogP contribution is 2.40. The number of nitrogens with zero attached hydrogens (tertiary/aromatic N) is 4. The predicted molar refractivity (Wildman–Crippen MR) is 79.6 cm³/mol. The second-order valence-corrected chi connectivity index (χ2v) is 6.13. The van der Waals surface area contributed by atoms with Crippen LogP contribution in [0.3, 0.4) is 0 Å². The standard InChI is InChI=1S/C16H18F4N4/c1-23(9-11-5-2-3-7-13(11)17)10-14-21-22-15-12(16(18,19)20)6-4-8-24(14)15/h2-3,5,7,12H,4,6,8-10H2,1H3. The van der Waals surface area contributed by atoms with Crippen molar-refractivity contribution in [2.45, 2.75) is 44.6 Å². The minimum atomic E-state index is -4.30. The van der Waals surface area contributed by atoms with E-state index in [1.54, 1.807) is 29.8 Å². The zero-order valence-corrected chi connectivity index (χ0v) is 13.2. The van der Waals surface area contributed by atoms with Gasteiger partial charge in [0.15, 0.2) is 0 Å². The molecular weight excluding hydrogens is 324 g/mol. The summed E-state index contributed by atoms with van der Waals surface area (Å²) < 4.78 is 54.5. The van der Waals surface area contributed by atoms with Crippen molar-refractivity contribution in [2.24, 2.45) is 0 Å². The highest BCUT2D eigenvalue weighted by atomic mass is 19.4. The number of rotatable bonds is 4. The number of aromatic nitrogens is 3. The Kier molecular flexibility index (Phi) is 4.58. The summed E-state index contributed by atoms with van der Waals surface area (Å²) in [5.74, 6) is -1.38. The fourth-order valence-corrected chi connectivity index (χ4v) is 3.07. The van der Waals surface area contributed by atoms with Crippen molar-refractivity contribution in [2.75, 3.05) is 7.05 Å². The summed E-state index contributed by atoms with van der Waals surface area (Å²) in [4.78, 5) is 1.81. The Hall–Kier alpha value is -1.96. The second kappa shape index (κ2) is 6.51. The molecular formula is C16H18F4N4. The first kappa shape index (κ1) is 16.9. The lowest BCUT2D eigenvalue weighted by Gasteiger charge is -2.26. The van der Waals surface area contributed by atoms with Gasteiger partial charge in [0.25, 0.3) is 0 Å². The van der Waals surface area contributed by atoms with Crippen molar-refractivity contribution in [3.63, 3.8) is 0 Å². The van der Waals surface area contributed by atoms with Gasteiger partial charge in [-0.3, -0.25) is 4.90 Å². The average molecular weight is 342 g/mol. The number of hydrogen-bond acceptors (Lipinski definition) is 3. The summed E-state index contributed by atoms with van der Waals surface area (Å²) in [5, 5.41) is 7.72. The first-order valence-electron chi connectivity index (χ1n) is 7.77. The highest BCUT2D eigenvalue weighted by Gasteiger charge is 2.45. The molecule has 0 fully saturated rings. The molecule has 1 aliphatic heterocycles. The van der Waals surface area contributed by atoms with Gasteiger partial charge in [-0.1, -0.05) is 18.2 Å². The lowest BCUT2D eigenvalue weighted by Crippen LogP contribution is -2.29. The van der Waals surface area contributed by atoms with Crippen LogP contribution < -0.4 is 0 Å². The lowest BCUT2D eigenvalue weighted by atomic mass is 9.98. The van der Waals surface area contributed by atoms with Crippen LogP contribution in [0.2, 0.25) is 0 Å². The van der Waals surface area contributed by atoms with Gasteiger partial charge in [0.2, 0.25) is 0 Å². The second-order valence-electron chi connectivity index (χ2n) is 6.13. The lowest BCUT2D eigenvalue weighted by molar-refractivity contribution is -0.156. The van der Waals surface area contributed by atoms with Gasteiger partial charge in [-0.2, -0.15) is 13.2 Å². The van der Waals surface area contributed by atoms with E-state index in [1.807, 2.05) is 4.90 Å². The molecule has 0 saturated carbocycles. The van der Waals surface area contributed by atoms with Crippen LogP contribution in [-0.2, 0) is 19.6 Å². The molecule has 130 valence electrons. The molecule has 0 spiro atoms. The Morgan fingerprint density at radius 2 is 1.96 bits per heavy atom. The zero-order chi connectivity index (χ0) is 17.3. The van der Waals surface area contributed by atoms with Crippen molar-refractivity contribution < 1.29 is 17.6 Å². The number of benzene rings is 1. The molecule has 0 radical (unpaired) electrons. The molecule has 0 N–H and O–H groups in total. The minimum absolute atomic E-state index is 0.0111. The summed E-state index contributed by atoms with van der Waals surface area (Å²) in [5.41, 5.74) is 0.534. The Bertz CT molecular complexity index is 710. The van der Waals surface area contributed by atoms with Gasteiger partial charge >= 0.3 is 6.18 Å². The Morgan fingerprint density at radius 3 is 2.67 bits per heavy atom. The fraction of sp³-hybridized carbons (Fsp3) is 0.500. The number of alkyl halides is 3. The van der Waals surface area contributed by atoms with Crippen LogP contribution in [-0.4, -0.2) is 32.9 Å². The van der Waals surface area contributed by atoms with Gasteiger partial charge in [0.1, 0.15) is 23.4 Å². The smallest absolute Gasteiger partial charge is 0.313 e. The largest absolute Gasteiger partial charge is 0.398 e. The molecule has 4 nitrogen and oxygen atoms in total. The summed E-state index contributed by atoms with van der Waals surface area (Å²) in [6.45, 7) is 1.14. The highest BCUT2D eigenvalue weighted by molar-refractivity contribution is 5.17. The zero-order valence-electron chi connectivity index (χ0n) is 13.2. The number of fused-ring (bicyclic) bond motifs is 1. The van der Waals surface area contributed by atoms with E-state index >= 15 is 0 Å². The van der Waals surface area contributed by atoms with Gasteiger partial charge in [0.05, 0.1) is 6.54 Å². The van der Waals surface area contributed by atoms with E-state index < -0.39 is 12.1 Å². The fourth-order valence-electron chi connectivity index (χ4n) is 3.07. The monoisotopic (exact) mass is 342 g/mol. The molecule has 8 heteroatoms. The summed E-state index contributed by atoms with van der Waals surface area (Å²) in [7, 11) is 1.78. The number of halogens is 4. The molecule has 24 heavy (non-hydrogen) atoms.